The summed E-state index contributed by atoms with van der Waals surface area (Å²) in [5, 5.41) is 2.73. The van der Waals surface area contributed by atoms with Crippen LogP contribution < -0.4 is 11.1 Å². The highest BCUT2D eigenvalue weighted by molar-refractivity contribution is 5.86. The Morgan fingerprint density at radius 2 is 2.45 bits per heavy atom. The Balaban J connectivity index is 2.22. The summed E-state index contributed by atoms with van der Waals surface area (Å²) in [6.07, 6.45) is 3.34. The van der Waals surface area contributed by atoms with Gasteiger partial charge in [-0.3, -0.25) is 9.69 Å². The summed E-state index contributed by atoms with van der Waals surface area (Å²) in [6.45, 7) is 1.66. The Morgan fingerprint density at radius 1 is 1.65 bits per heavy atom. The van der Waals surface area contributed by atoms with Crippen molar-refractivity contribution in [1.82, 2.24) is 20.2 Å². The highest BCUT2D eigenvalue weighted by Gasteiger charge is 2.47. The third-order valence-corrected chi connectivity index (χ3v) is 3.72. The van der Waals surface area contributed by atoms with E-state index in [1.807, 2.05) is 0 Å². The molecule has 1 aromatic rings. The zero-order valence-electron chi connectivity index (χ0n) is 11.9. The van der Waals surface area contributed by atoms with Crippen LogP contribution in [-0.2, 0) is 16.1 Å². The summed E-state index contributed by atoms with van der Waals surface area (Å²) < 4.78 is 5.28. The number of amides is 1. The lowest BCUT2D eigenvalue weighted by Crippen LogP contribution is -2.57. The standard InChI is InChI=1S/C13H21N5O2/c1-15-12(19)13(9-20-2)5-3-7-18(13)8-11-16-6-4-10(14)17-11/h4,6H,3,5,7-9H2,1-2H3,(H,15,19)(H2,14,16,17). The minimum Gasteiger partial charge on any atom is -0.384 e. The van der Waals surface area contributed by atoms with Gasteiger partial charge in [-0.05, 0) is 25.5 Å². The number of nitrogens with zero attached hydrogens (tertiary/aromatic N) is 3. The first-order valence-corrected chi connectivity index (χ1v) is 6.66. The molecule has 0 radical (unpaired) electrons. The quantitative estimate of drug-likeness (QED) is 0.774. The molecule has 1 amide bonds. The summed E-state index contributed by atoms with van der Waals surface area (Å²) in [7, 11) is 3.26. The molecule has 1 fully saturated rings. The van der Waals surface area contributed by atoms with Crippen LogP contribution >= 0.6 is 0 Å². The fourth-order valence-corrected chi connectivity index (χ4v) is 2.78. The number of rotatable bonds is 5. The zero-order chi connectivity index (χ0) is 14.6. The Labute approximate surface area is 118 Å². The Bertz CT molecular complexity index is 482. The van der Waals surface area contributed by atoms with E-state index in [0.29, 0.717) is 24.8 Å². The van der Waals surface area contributed by atoms with Gasteiger partial charge in [-0.1, -0.05) is 0 Å². The smallest absolute Gasteiger partial charge is 0.242 e. The van der Waals surface area contributed by atoms with E-state index in [1.54, 1.807) is 26.4 Å². The van der Waals surface area contributed by atoms with E-state index in [2.05, 4.69) is 20.2 Å². The lowest BCUT2D eigenvalue weighted by Gasteiger charge is -2.35. The fraction of sp³-hybridized carbons (Fsp3) is 0.615. The van der Waals surface area contributed by atoms with Crippen molar-refractivity contribution in [2.24, 2.45) is 0 Å². The van der Waals surface area contributed by atoms with Crippen LogP contribution in [0.4, 0.5) is 5.82 Å². The maximum atomic E-state index is 12.3. The molecule has 2 heterocycles. The molecule has 7 heteroatoms. The lowest BCUT2D eigenvalue weighted by atomic mass is 9.96. The minimum atomic E-state index is -0.641. The zero-order valence-corrected chi connectivity index (χ0v) is 11.9. The Kier molecular flexibility index (Phi) is 4.51. The van der Waals surface area contributed by atoms with Gasteiger partial charge in [0.25, 0.3) is 0 Å². The van der Waals surface area contributed by atoms with Gasteiger partial charge < -0.3 is 15.8 Å². The second-order valence-corrected chi connectivity index (χ2v) is 4.97. The number of nitrogens with one attached hydrogen (secondary N) is 1. The van der Waals surface area contributed by atoms with E-state index >= 15 is 0 Å². The van der Waals surface area contributed by atoms with Crippen LogP contribution in [0.1, 0.15) is 18.7 Å². The number of carbonyl (C=O) groups excluding carboxylic acids is 1. The van der Waals surface area contributed by atoms with Gasteiger partial charge >= 0.3 is 0 Å². The third-order valence-electron chi connectivity index (χ3n) is 3.72. The van der Waals surface area contributed by atoms with E-state index in [-0.39, 0.29) is 5.91 Å². The van der Waals surface area contributed by atoms with Crippen LogP contribution in [-0.4, -0.2) is 53.6 Å². The maximum absolute atomic E-state index is 12.3. The molecule has 3 N–H and O–H groups in total. The van der Waals surface area contributed by atoms with Gasteiger partial charge in [0.2, 0.25) is 5.91 Å². The van der Waals surface area contributed by atoms with Crippen molar-refractivity contribution in [2.75, 3.05) is 33.0 Å². The summed E-state index contributed by atoms with van der Waals surface area (Å²) >= 11 is 0. The molecular formula is C13H21N5O2. The SMILES string of the molecule is CNC(=O)C1(COC)CCCN1Cc1nccc(N)n1. The van der Waals surface area contributed by atoms with Crippen molar-refractivity contribution in [3.05, 3.63) is 18.1 Å². The van der Waals surface area contributed by atoms with Gasteiger partial charge in [0.05, 0.1) is 13.2 Å². The molecule has 0 spiro atoms. The van der Waals surface area contributed by atoms with Gasteiger partial charge in [-0.2, -0.15) is 0 Å². The van der Waals surface area contributed by atoms with Crippen molar-refractivity contribution >= 4 is 11.7 Å². The number of nitrogens with two attached hydrogens (primary N) is 1. The summed E-state index contributed by atoms with van der Waals surface area (Å²) in [6, 6.07) is 1.65. The highest BCUT2D eigenvalue weighted by Crippen LogP contribution is 2.31. The predicted molar refractivity (Wildman–Crippen MR) is 74.8 cm³/mol. The monoisotopic (exact) mass is 279 g/mol. The Hall–Kier alpha value is -1.73. The number of ether oxygens (including phenoxy) is 1. The summed E-state index contributed by atoms with van der Waals surface area (Å²) in [5.41, 5.74) is 5.03. The van der Waals surface area contributed by atoms with Gasteiger partial charge in [0.15, 0.2) is 0 Å². The number of carbonyl (C=O) groups is 1. The second-order valence-electron chi connectivity index (χ2n) is 4.97. The minimum absolute atomic E-state index is 0.0271. The van der Waals surface area contributed by atoms with E-state index in [1.165, 1.54) is 0 Å². The highest BCUT2D eigenvalue weighted by atomic mass is 16.5. The molecule has 20 heavy (non-hydrogen) atoms. The molecule has 0 aliphatic carbocycles. The van der Waals surface area contributed by atoms with Crippen molar-refractivity contribution in [3.8, 4) is 0 Å². The van der Waals surface area contributed by atoms with Crippen molar-refractivity contribution in [2.45, 2.75) is 24.9 Å². The number of methoxy groups -OCH3 is 1. The first-order chi connectivity index (χ1) is 9.62. The Morgan fingerprint density at radius 3 is 3.10 bits per heavy atom. The van der Waals surface area contributed by atoms with E-state index in [0.717, 1.165) is 19.4 Å². The molecule has 1 unspecified atom stereocenters. The third kappa shape index (κ3) is 2.73. The normalized spacial score (nSPS) is 22.9. The van der Waals surface area contributed by atoms with Crippen LogP contribution in [0.15, 0.2) is 12.3 Å². The van der Waals surface area contributed by atoms with Crippen LogP contribution in [0.3, 0.4) is 0 Å². The molecule has 1 aromatic heterocycles. The number of aromatic nitrogens is 2. The average molecular weight is 279 g/mol. The van der Waals surface area contributed by atoms with E-state index < -0.39 is 5.54 Å². The topological polar surface area (TPSA) is 93.4 Å². The molecule has 0 bridgehead atoms. The largest absolute Gasteiger partial charge is 0.384 e. The van der Waals surface area contributed by atoms with Crippen LogP contribution in [0.5, 0.6) is 0 Å². The number of anilines is 1. The number of likely N-dealkylation sites (tertiary alicyclic amines) is 1. The second kappa shape index (κ2) is 6.15. The average Bonchev–Trinajstić information content (AvgIpc) is 2.82. The molecular weight excluding hydrogens is 258 g/mol. The van der Waals surface area contributed by atoms with E-state index in [4.69, 9.17) is 10.5 Å². The first-order valence-electron chi connectivity index (χ1n) is 6.66. The van der Waals surface area contributed by atoms with Crippen LogP contribution in [0.25, 0.3) is 0 Å². The predicted octanol–water partition coefficient (Wildman–Crippen LogP) is -0.214. The molecule has 1 aliphatic heterocycles. The van der Waals surface area contributed by atoms with Gasteiger partial charge in [0, 0.05) is 20.4 Å². The molecule has 1 saturated heterocycles. The molecule has 110 valence electrons. The molecule has 1 atom stereocenters. The van der Waals surface area contributed by atoms with Crippen molar-refractivity contribution < 1.29 is 9.53 Å². The van der Waals surface area contributed by atoms with Crippen molar-refractivity contribution in [3.63, 3.8) is 0 Å². The van der Waals surface area contributed by atoms with Gasteiger partial charge in [0.1, 0.15) is 17.2 Å². The number of hydrogen-bond acceptors (Lipinski definition) is 6. The summed E-state index contributed by atoms with van der Waals surface area (Å²) in [5.74, 6) is 1.03. The first kappa shape index (κ1) is 14.7. The van der Waals surface area contributed by atoms with Crippen molar-refractivity contribution in [1.29, 1.82) is 0 Å². The van der Waals surface area contributed by atoms with Gasteiger partial charge in [-0.25, -0.2) is 9.97 Å². The number of hydrogen-bond donors (Lipinski definition) is 2. The fourth-order valence-electron chi connectivity index (χ4n) is 2.78. The molecule has 0 saturated carbocycles. The molecule has 7 nitrogen and oxygen atoms in total. The van der Waals surface area contributed by atoms with Crippen LogP contribution in [0.2, 0.25) is 0 Å². The molecule has 1 aliphatic rings. The summed E-state index contributed by atoms with van der Waals surface area (Å²) in [4.78, 5) is 22.8. The molecule has 2 rings (SSSR count). The maximum Gasteiger partial charge on any atom is 0.242 e. The molecule has 0 aromatic carbocycles. The van der Waals surface area contributed by atoms with Crippen LogP contribution in [0, 0.1) is 0 Å². The lowest BCUT2D eigenvalue weighted by molar-refractivity contribution is -0.135. The van der Waals surface area contributed by atoms with Gasteiger partial charge in [-0.15, -0.1) is 0 Å². The number of likely N-dealkylation sites (N-methyl/N-ethyl adjacent to an activating group) is 1. The number of nitrogen functional groups attached to an aromatic ring is 1. The van der Waals surface area contributed by atoms with E-state index in [9.17, 15) is 4.79 Å².